The third-order valence-corrected chi connectivity index (χ3v) is 7.42. The number of fused-ring (bicyclic) bond motifs is 2. The number of furan rings is 1. The molecule has 5 aromatic heterocycles. The number of nitrogens with zero attached hydrogens (tertiary/aromatic N) is 4. The van der Waals surface area contributed by atoms with E-state index in [-0.39, 0.29) is 5.69 Å². The minimum atomic E-state index is -0.459. The van der Waals surface area contributed by atoms with Crippen molar-refractivity contribution in [2.24, 2.45) is 5.92 Å². The van der Waals surface area contributed by atoms with Crippen molar-refractivity contribution in [2.75, 3.05) is 6.54 Å². The zero-order valence-electron chi connectivity index (χ0n) is 20.7. The van der Waals surface area contributed by atoms with Crippen molar-refractivity contribution < 1.29 is 8.81 Å². The third kappa shape index (κ3) is 4.05. The molecule has 0 amide bonds. The van der Waals surface area contributed by atoms with Crippen molar-refractivity contribution in [1.82, 2.24) is 35.5 Å². The first-order chi connectivity index (χ1) is 18.7. The normalized spacial score (nSPS) is 14.2. The first-order valence-corrected chi connectivity index (χ1v) is 12.9. The molecular formula is C29H26FN7O. The van der Waals surface area contributed by atoms with E-state index in [2.05, 4.69) is 30.5 Å². The number of imidazole rings is 1. The number of pyridine rings is 2. The largest absolute Gasteiger partial charge is 0.472 e. The molecular weight excluding hydrogens is 481 g/mol. The van der Waals surface area contributed by atoms with Crippen LogP contribution in [0.2, 0.25) is 0 Å². The van der Waals surface area contributed by atoms with Crippen LogP contribution in [-0.2, 0) is 6.54 Å². The molecule has 0 radical (unpaired) electrons. The summed E-state index contributed by atoms with van der Waals surface area (Å²) >= 11 is 0. The fourth-order valence-electron chi connectivity index (χ4n) is 5.49. The first-order valence-electron chi connectivity index (χ1n) is 12.9. The van der Waals surface area contributed by atoms with Crippen LogP contribution < -0.4 is 5.32 Å². The van der Waals surface area contributed by atoms with E-state index in [9.17, 15) is 0 Å². The van der Waals surface area contributed by atoms with Crippen LogP contribution in [0.15, 0.2) is 65.9 Å². The molecule has 6 aromatic rings. The van der Waals surface area contributed by atoms with Crippen LogP contribution in [0.3, 0.4) is 0 Å². The SMILES string of the molecule is Fc1c(-c2cncc(CNCC3CCCC3)c2)ncc2[nH]nc(-c3nc4c(-c5ccoc5)cccc4[nH]3)c12. The molecule has 9 heteroatoms. The Hall–Kier alpha value is -4.37. The van der Waals surface area contributed by atoms with E-state index < -0.39 is 5.82 Å². The number of benzene rings is 1. The molecule has 1 fully saturated rings. The first kappa shape index (κ1) is 22.8. The molecule has 0 unspecified atom stereocenters. The number of halogens is 1. The molecule has 5 heterocycles. The monoisotopic (exact) mass is 507 g/mol. The van der Waals surface area contributed by atoms with Gasteiger partial charge in [0, 0.05) is 35.6 Å². The Morgan fingerprint density at radius 2 is 1.95 bits per heavy atom. The summed E-state index contributed by atoms with van der Waals surface area (Å²) in [5.41, 5.74) is 6.19. The van der Waals surface area contributed by atoms with Crippen molar-refractivity contribution in [3.05, 3.63) is 72.8 Å². The molecule has 0 atom stereocenters. The zero-order chi connectivity index (χ0) is 25.5. The van der Waals surface area contributed by atoms with Crippen LogP contribution in [0.1, 0.15) is 31.2 Å². The van der Waals surface area contributed by atoms with Gasteiger partial charge in [0.15, 0.2) is 11.6 Å². The van der Waals surface area contributed by atoms with Crippen LogP contribution in [0.25, 0.3) is 55.8 Å². The van der Waals surface area contributed by atoms with Gasteiger partial charge in [0.2, 0.25) is 0 Å². The maximum atomic E-state index is 16.1. The number of nitrogens with one attached hydrogen (secondary N) is 3. The number of rotatable bonds is 7. The standard InChI is InChI=1S/C29H26FN7O/c30-25-24-23(15-33-26(25)20-10-18(13-32-14-20)12-31-11-17-4-1-2-5-17)36-37-28(24)29-34-22-7-3-6-21(27(22)35-29)19-8-9-38-16-19/h3,6-10,13-17,31H,1-2,4-5,11-12H2,(H,34,35)(H,36,37). The van der Waals surface area contributed by atoms with Gasteiger partial charge >= 0.3 is 0 Å². The van der Waals surface area contributed by atoms with E-state index in [0.717, 1.165) is 40.2 Å². The van der Waals surface area contributed by atoms with E-state index in [1.54, 1.807) is 24.9 Å². The van der Waals surface area contributed by atoms with E-state index in [1.807, 2.05) is 36.5 Å². The highest BCUT2D eigenvalue weighted by molar-refractivity contribution is 5.98. The lowest BCUT2D eigenvalue weighted by molar-refractivity contribution is 0.489. The smallest absolute Gasteiger partial charge is 0.161 e. The number of H-pyrrole nitrogens is 2. The van der Waals surface area contributed by atoms with Gasteiger partial charge in [0.1, 0.15) is 11.4 Å². The van der Waals surface area contributed by atoms with Gasteiger partial charge in [-0.25, -0.2) is 9.37 Å². The van der Waals surface area contributed by atoms with Gasteiger partial charge in [0.05, 0.1) is 40.7 Å². The Morgan fingerprint density at radius 1 is 1.03 bits per heavy atom. The molecule has 1 aliphatic rings. The number of aromatic amines is 2. The Morgan fingerprint density at radius 3 is 2.82 bits per heavy atom. The van der Waals surface area contributed by atoms with Gasteiger partial charge in [-0.15, -0.1) is 0 Å². The Labute approximate surface area is 217 Å². The average molecular weight is 508 g/mol. The Bertz CT molecular complexity index is 1730. The summed E-state index contributed by atoms with van der Waals surface area (Å²) in [5, 5.41) is 11.2. The highest BCUT2D eigenvalue weighted by atomic mass is 19.1. The summed E-state index contributed by atoms with van der Waals surface area (Å²) in [7, 11) is 0. The molecule has 190 valence electrons. The predicted octanol–water partition coefficient (Wildman–Crippen LogP) is 6.24. The highest BCUT2D eigenvalue weighted by Crippen LogP contribution is 2.34. The molecule has 1 aliphatic carbocycles. The zero-order valence-corrected chi connectivity index (χ0v) is 20.7. The summed E-state index contributed by atoms with van der Waals surface area (Å²) in [6, 6.07) is 9.69. The highest BCUT2D eigenvalue weighted by Gasteiger charge is 2.21. The second-order valence-corrected chi connectivity index (χ2v) is 9.94. The van der Waals surface area contributed by atoms with Crippen molar-refractivity contribution in [3.8, 4) is 33.9 Å². The van der Waals surface area contributed by atoms with Crippen LogP contribution >= 0.6 is 0 Å². The third-order valence-electron chi connectivity index (χ3n) is 7.42. The van der Waals surface area contributed by atoms with Crippen LogP contribution in [0, 0.1) is 11.7 Å². The molecule has 1 saturated carbocycles. The number of hydrogen-bond donors (Lipinski definition) is 3. The Kier molecular flexibility index (Phi) is 5.70. The minimum Gasteiger partial charge on any atom is -0.472 e. The molecule has 7 rings (SSSR count). The molecule has 38 heavy (non-hydrogen) atoms. The maximum Gasteiger partial charge on any atom is 0.161 e. The fraction of sp³-hybridized carbons (Fsp3) is 0.241. The van der Waals surface area contributed by atoms with Crippen molar-refractivity contribution in [1.29, 1.82) is 0 Å². The molecule has 0 bridgehead atoms. The van der Waals surface area contributed by atoms with Crippen LogP contribution in [-0.4, -0.2) is 36.7 Å². The molecule has 0 spiro atoms. The van der Waals surface area contributed by atoms with E-state index in [1.165, 1.54) is 25.7 Å². The second-order valence-electron chi connectivity index (χ2n) is 9.94. The quantitative estimate of drug-likeness (QED) is 0.236. The summed E-state index contributed by atoms with van der Waals surface area (Å²) < 4.78 is 21.3. The van der Waals surface area contributed by atoms with Gasteiger partial charge in [0.25, 0.3) is 0 Å². The minimum absolute atomic E-state index is 0.237. The second kappa shape index (κ2) is 9.50. The van der Waals surface area contributed by atoms with Crippen LogP contribution in [0.4, 0.5) is 4.39 Å². The van der Waals surface area contributed by atoms with Gasteiger partial charge < -0.3 is 14.7 Å². The van der Waals surface area contributed by atoms with Crippen LogP contribution in [0.5, 0.6) is 0 Å². The lowest BCUT2D eigenvalue weighted by Gasteiger charge is -2.11. The molecule has 0 saturated heterocycles. The number of para-hydroxylation sites is 1. The lowest BCUT2D eigenvalue weighted by atomic mass is 10.1. The predicted molar refractivity (Wildman–Crippen MR) is 144 cm³/mol. The van der Waals surface area contributed by atoms with E-state index in [0.29, 0.717) is 34.5 Å². The van der Waals surface area contributed by atoms with Gasteiger partial charge in [-0.1, -0.05) is 25.0 Å². The summed E-state index contributed by atoms with van der Waals surface area (Å²) in [4.78, 5) is 16.9. The van der Waals surface area contributed by atoms with E-state index >= 15 is 4.39 Å². The van der Waals surface area contributed by atoms with Gasteiger partial charge in [-0.3, -0.25) is 15.1 Å². The molecule has 8 nitrogen and oxygen atoms in total. The summed E-state index contributed by atoms with van der Waals surface area (Å²) in [6.45, 7) is 1.69. The Balaban J connectivity index is 1.23. The average Bonchev–Trinajstić information content (AvgIpc) is 3.75. The summed E-state index contributed by atoms with van der Waals surface area (Å²) in [6.07, 6.45) is 13.6. The van der Waals surface area contributed by atoms with Crippen molar-refractivity contribution >= 4 is 21.9 Å². The molecule has 3 N–H and O–H groups in total. The number of aromatic nitrogens is 6. The molecule has 1 aromatic carbocycles. The summed E-state index contributed by atoms with van der Waals surface area (Å²) in [5.74, 6) is 0.766. The van der Waals surface area contributed by atoms with E-state index in [4.69, 9.17) is 9.40 Å². The van der Waals surface area contributed by atoms with Crippen molar-refractivity contribution in [3.63, 3.8) is 0 Å². The van der Waals surface area contributed by atoms with Gasteiger partial charge in [-0.2, -0.15) is 5.10 Å². The van der Waals surface area contributed by atoms with Gasteiger partial charge in [-0.05, 0) is 49.1 Å². The lowest BCUT2D eigenvalue weighted by Crippen LogP contribution is -2.20. The number of hydrogen-bond acceptors (Lipinski definition) is 6. The topological polar surface area (TPSA) is 108 Å². The van der Waals surface area contributed by atoms with Crippen molar-refractivity contribution in [2.45, 2.75) is 32.2 Å². The maximum absolute atomic E-state index is 16.1. The fourth-order valence-corrected chi connectivity index (χ4v) is 5.49. The molecule has 0 aliphatic heterocycles.